The molecular formula is C8H19ClN2O4S2. The summed E-state index contributed by atoms with van der Waals surface area (Å²) >= 11 is 5.51. The predicted octanol–water partition coefficient (Wildman–Crippen LogP) is -0.328. The minimum atomic E-state index is -3.46. The lowest BCUT2D eigenvalue weighted by atomic mass is 10.3. The Labute approximate surface area is 108 Å². The van der Waals surface area contributed by atoms with Crippen molar-refractivity contribution in [2.24, 2.45) is 5.92 Å². The van der Waals surface area contributed by atoms with E-state index in [0.717, 1.165) is 4.31 Å². The summed E-state index contributed by atoms with van der Waals surface area (Å²) < 4.78 is 49.0. The molecule has 0 rings (SSSR count). The normalized spacial score (nSPS) is 15.1. The van der Waals surface area contributed by atoms with Crippen molar-refractivity contribution < 1.29 is 16.8 Å². The Bertz CT molecular complexity index is 419. The minimum Gasteiger partial charge on any atom is -0.214 e. The van der Waals surface area contributed by atoms with Crippen LogP contribution in [0.3, 0.4) is 0 Å². The van der Waals surface area contributed by atoms with E-state index in [0.29, 0.717) is 0 Å². The topological polar surface area (TPSA) is 83.5 Å². The second-order valence-corrected chi connectivity index (χ2v) is 8.50. The third kappa shape index (κ3) is 7.20. The Morgan fingerprint density at radius 2 is 1.76 bits per heavy atom. The quantitative estimate of drug-likeness (QED) is 0.623. The maximum Gasteiger partial charge on any atom is 0.214 e. The third-order valence-corrected chi connectivity index (χ3v) is 6.02. The van der Waals surface area contributed by atoms with Crippen molar-refractivity contribution >= 4 is 31.6 Å². The van der Waals surface area contributed by atoms with Gasteiger partial charge in [-0.25, -0.2) is 25.9 Å². The number of alkyl halides is 1. The highest BCUT2D eigenvalue weighted by molar-refractivity contribution is 7.90. The van der Waals surface area contributed by atoms with Gasteiger partial charge in [0.25, 0.3) is 0 Å². The van der Waals surface area contributed by atoms with Gasteiger partial charge >= 0.3 is 0 Å². The molecule has 1 atom stereocenters. The van der Waals surface area contributed by atoms with E-state index in [4.69, 9.17) is 11.6 Å². The summed E-state index contributed by atoms with van der Waals surface area (Å²) in [6.07, 6.45) is 0. The molecule has 0 bridgehead atoms. The molecule has 0 aromatic carbocycles. The van der Waals surface area contributed by atoms with Crippen LogP contribution in [0.1, 0.15) is 6.92 Å². The highest BCUT2D eigenvalue weighted by atomic mass is 35.5. The zero-order valence-electron chi connectivity index (χ0n) is 10.2. The second kappa shape index (κ2) is 6.89. The van der Waals surface area contributed by atoms with E-state index in [1.807, 2.05) is 0 Å². The van der Waals surface area contributed by atoms with Gasteiger partial charge in [0.2, 0.25) is 20.0 Å². The second-order valence-electron chi connectivity index (χ2n) is 4.03. The van der Waals surface area contributed by atoms with Crippen molar-refractivity contribution in [3.63, 3.8) is 0 Å². The molecule has 1 unspecified atom stereocenters. The molecule has 0 aliphatic rings. The van der Waals surface area contributed by atoms with Crippen molar-refractivity contribution in [2.75, 3.05) is 38.0 Å². The monoisotopic (exact) mass is 306 g/mol. The number of sulfonamides is 2. The fraction of sp³-hybridized carbons (Fsp3) is 1.00. The molecule has 0 fully saturated rings. The Morgan fingerprint density at radius 1 is 1.24 bits per heavy atom. The van der Waals surface area contributed by atoms with Crippen LogP contribution >= 0.6 is 11.6 Å². The first-order valence-corrected chi connectivity index (χ1v) is 8.84. The fourth-order valence-electron chi connectivity index (χ4n) is 0.987. The highest BCUT2D eigenvalue weighted by Gasteiger charge is 2.18. The van der Waals surface area contributed by atoms with E-state index in [2.05, 4.69) is 4.72 Å². The summed E-state index contributed by atoms with van der Waals surface area (Å²) in [5.41, 5.74) is 0. The molecule has 9 heteroatoms. The van der Waals surface area contributed by atoms with Crippen LogP contribution in [0.25, 0.3) is 0 Å². The predicted molar refractivity (Wildman–Crippen MR) is 69.1 cm³/mol. The molecule has 1 N–H and O–H groups in total. The van der Waals surface area contributed by atoms with E-state index in [9.17, 15) is 16.8 Å². The molecule has 0 heterocycles. The third-order valence-electron chi connectivity index (χ3n) is 2.01. The Kier molecular flexibility index (Phi) is 6.93. The average molecular weight is 307 g/mol. The summed E-state index contributed by atoms with van der Waals surface area (Å²) in [6, 6.07) is 0. The summed E-state index contributed by atoms with van der Waals surface area (Å²) in [7, 11) is -4.03. The van der Waals surface area contributed by atoms with Crippen LogP contribution in [-0.4, -0.2) is 59.2 Å². The van der Waals surface area contributed by atoms with Gasteiger partial charge in [0.1, 0.15) is 0 Å². The van der Waals surface area contributed by atoms with Gasteiger partial charge in [-0.3, -0.25) is 0 Å². The molecule has 0 saturated carbocycles. The van der Waals surface area contributed by atoms with Gasteiger partial charge in [-0.15, -0.1) is 11.6 Å². The number of nitrogens with zero attached hydrogens (tertiary/aromatic N) is 1. The van der Waals surface area contributed by atoms with E-state index in [1.54, 1.807) is 6.92 Å². The summed E-state index contributed by atoms with van der Waals surface area (Å²) in [4.78, 5) is 0. The Balaban J connectivity index is 4.22. The van der Waals surface area contributed by atoms with Crippen LogP contribution in [0.15, 0.2) is 0 Å². The van der Waals surface area contributed by atoms with E-state index in [1.165, 1.54) is 14.1 Å². The zero-order valence-corrected chi connectivity index (χ0v) is 12.6. The molecule has 0 aromatic rings. The van der Waals surface area contributed by atoms with Crippen LogP contribution in [0.2, 0.25) is 0 Å². The van der Waals surface area contributed by atoms with Gasteiger partial charge in [0.05, 0.1) is 11.5 Å². The number of hydrogen-bond donors (Lipinski definition) is 1. The zero-order chi connectivity index (χ0) is 13.7. The molecule has 0 spiro atoms. The lowest BCUT2D eigenvalue weighted by Crippen LogP contribution is -2.36. The van der Waals surface area contributed by atoms with Gasteiger partial charge in [-0.1, -0.05) is 6.92 Å². The lowest BCUT2D eigenvalue weighted by Gasteiger charge is -2.13. The first-order chi connectivity index (χ1) is 7.60. The molecule has 17 heavy (non-hydrogen) atoms. The van der Waals surface area contributed by atoms with Gasteiger partial charge in [-0.2, -0.15) is 0 Å². The minimum absolute atomic E-state index is 0.0987. The smallest absolute Gasteiger partial charge is 0.214 e. The van der Waals surface area contributed by atoms with Crippen molar-refractivity contribution in [2.45, 2.75) is 6.92 Å². The summed E-state index contributed by atoms with van der Waals surface area (Å²) in [5, 5.41) is 0. The lowest BCUT2D eigenvalue weighted by molar-refractivity contribution is 0.519. The van der Waals surface area contributed by atoms with Gasteiger partial charge < -0.3 is 0 Å². The molecular weight excluding hydrogens is 288 g/mol. The van der Waals surface area contributed by atoms with E-state index < -0.39 is 20.0 Å². The maximum atomic E-state index is 11.5. The molecule has 0 radical (unpaired) electrons. The number of rotatable bonds is 8. The van der Waals surface area contributed by atoms with Crippen molar-refractivity contribution in [1.29, 1.82) is 0 Å². The average Bonchev–Trinajstić information content (AvgIpc) is 2.15. The van der Waals surface area contributed by atoms with Crippen LogP contribution < -0.4 is 4.72 Å². The number of halogens is 1. The molecule has 0 aliphatic carbocycles. The van der Waals surface area contributed by atoms with Crippen molar-refractivity contribution in [3.05, 3.63) is 0 Å². The van der Waals surface area contributed by atoms with Gasteiger partial charge in [-0.05, 0) is 5.92 Å². The van der Waals surface area contributed by atoms with E-state index in [-0.39, 0.29) is 29.8 Å². The standard InChI is InChI=1S/C8H19ClN2O4S2/c1-8(6-9)7-16(12,13)10-4-5-17(14,15)11(2)3/h8,10H,4-7H2,1-3H3. The van der Waals surface area contributed by atoms with Gasteiger partial charge in [0.15, 0.2) is 0 Å². The first-order valence-electron chi connectivity index (χ1n) is 5.04. The molecule has 104 valence electrons. The molecule has 0 aromatic heterocycles. The Hall–Kier alpha value is 0.110. The fourth-order valence-corrected chi connectivity index (χ4v) is 3.48. The largest absolute Gasteiger partial charge is 0.214 e. The molecule has 0 amide bonds. The number of hydrogen-bond acceptors (Lipinski definition) is 4. The van der Waals surface area contributed by atoms with Crippen LogP contribution in [-0.2, 0) is 20.0 Å². The first kappa shape index (κ1) is 17.1. The molecule has 0 aliphatic heterocycles. The summed E-state index contributed by atoms with van der Waals surface area (Å²) in [5.74, 6) is -0.274. The van der Waals surface area contributed by atoms with E-state index >= 15 is 0 Å². The SMILES string of the molecule is CC(CCl)CS(=O)(=O)NCCS(=O)(=O)N(C)C. The van der Waals surface area contributed by atoms with Crippen LogP contribution in [0, 0.1) is 5.92 Å². The van der Waals surface area contributed by atoms with Crippen molar-refractivity contribution in [3.8, 4) is 0 Å². The highest BCUT2D eigenvalue weighted by Crippen LogP contribution is 2.02. The molecule has 6 nitrogen and oxygen atoms in total. The van der Waals surface area contributed by atoms with Crippen LogP contribution in [0.5, 0.6) is 0 Å². The Morgan fingerprint density at radius 3 is 2.18 bits per heavy atom. The molecule has 0 saturated heterocycles. The van der Waals surface area contributed by atoms with Crippen LogP contribution in [0.4, 0.5) is 0 Å². The van der Waals surface area contributed by atoms with Gasteiger partial charge in [0, 0.05) is 26.5 Å². The van der Waals surface area contributed by atoms with Crippen molar-refractivity contribution in [1.82, 2.24) is 9.03 Å². The summed E-state index contributed by atoms with van der Waals surface area (Å²) in [6.45, 7) is 1.58. The maximum absolute atomic E-state index is 11.5. The number of nitrogens with one attached hydrogen (secondary N) is 1.